The molecule has 0 radical (unpaired) electrons. The summed E-state index contributed by atoms with van der Waals surface area (Å²) in [6, 6.07) is 12.7. The number of anilines is 1. The van der Waals surface area contributed by atoms with Gasteiger partial charge in [0.05, 0.1) is 13.2 Å². The van der Waals surface area contributed by atoms with E-state index in [2.05, 4.69) is 10.6 Å². The lowest BCUT2D eigenvalue weighted by Gasteiger charge is -2.10. The van der Waals surface area contributed by atoms with Crippen LogP contribution in [0.1, 0.15) is 12.0 Å². The third-order valence-electron chi connectivity index (χ3n) is 3.59. The van der Waals surface area contributed by atoms with Crippen molar-refractivity contribution in [1.29, 1.82) is 0 Å². The fraction of sp³-hybridized carbons (Fsp3) is 0.278. The van der Waals surface area contributed by atoms with Gasteiger partial charge in [0, 0.05) is 23.7 Å². The number of rotatable bonds is 4. The first-order valence-electron chi connectivity index (χ1n) is 7.90. The summed E-state index contributed by atoms with van der Waals surface area (Å²) in [6.07, 6.45) is 1.59. The molecule has 2 aromatic carbocycles. The molecule has 1 aliphatic rings. The fourth-order valence-electron chi connectivity index (χ4n) is 2.43. The summed E-state index contributed by atoms with van der Waals surface area (Å²) in [4.78, 5) is 11.9. The lowest BCUT2D eigenvalue weighted by Crippen LogP contribution is -2.30. The van der Waals surface area contributed by atoms with E-state index in [4.69, 9.17) is 21.1 Å². The van der Waals surface area contributed by atoms with Crippen LogP contribution in [0.3, 0.4) is 0 Å². The van der Waals surface area contributed by atoms with Gasteiger partial charge in [-0.05, 0) is 42.3 Å². The normalized spacial score (nSPS) is 13.0. The number of amides is 2. The zero-order valence-electron chi connectivity index (χ0n) is 13.2. The van der Waals surface area contributed by atoms with Crippen molar-refractivity contribution in [3.05, 3.63) is 53.1 Å². The van der Waals surface area contributed by atoms with Crippen LogP contribution in [0.5, 0.6) is 11.5 Å². The van der Waals surface area contributed by atoms with Crippen molar-refractivity contribution in [3.8, 4) is 11.5 Å². The van der Waals surface area contributed by atoms with Crippen molar-refractivity contribution >= 4 is 23.3 Å². The molecule has 2 aromatic rings. The quantitative estimate of drug-likeness (QED) is 0.883. The standard InChI is InChI=1S/C18H19ClN2O3/c19-14-3-1-4-15(12-14)21-18(22)20-8-7-13-5-6-16-17(11-13)24-10-2-9-23-16/h1,3-6,11-12H,2,7-10H2,(H2,20,21,22). The van der Waals surface area contributed by atoms with E-state index in [1.807, 2.05) is 18.2 Å². The highest BCUT2D eigenvalue weighted by Gasteiger charge is 2.10. The van der Waals surface area contributed by atoms with E-state index in [-0.39, 0.29) is 6.03 Å². The minimum atomic E-state index is -0.258. The highest BCUT2D eigenvalue weighted by Crippen LogP contribution is 2.30. The van der Waals surface area contributed by atoms with E-state index in [0.717, 1.165) is 23.5 Å². The summed E-state index contributed by atoms with van der Waals surface area (Å²) < 4.78 is 11.3. The van der Waals surface area contributed by atoms with Gasteiger partial charge in [-0.3, -0.25) is 0 Å². The number of carbonyl (C=O) groups excluding carboxylic acids is 1. The molecular formula is C18H19ClN2O3. The predicted octanol–water partition coefficient (Wildman–Crippen LogP) is 3.87. The Bertz CT molecular complexity index is 721. The van der Waals surface area contributed by atoms with Gasteiger partial charge in [-0.2, -0.15) is 0 Å². The molecule has 126 valence electrons. The monoisotopic (exact) mass is 346 g/mol. The lowest BCUT2D eigenvalue weighted by atomic mass is 10.1. The molecule has 2 N–H and O–H groups in total. The van der Waals surface area contributed by atoms with Crippen molar-refractivity contribution in [2.45, 2.75) is 12.8 Å². The minimum Gasteiger partial charge on any atom is -0.490 e. The minimum absolute atomic E-state index is 0.258. The number of halogens is 1. The molecule has 3 rings (SSSR count). The van der Waals surface area contributed by atoms with Crippen LogP contribution >= 0.6 is 11.6 Å². The first kappa shape index (κ1) is 16.5. The maximum Gasteiger partial charge on any atom is 0.319 e. The molecule has 2 amide bonds. The van der Waals surface area contributed by atoms with Gasteiger partial charge in [0.1, 0.15) is 0 Å². The number of carbonyl (C=O) groups is 1. The Morgan fingerprint density at radius 3 is 2.75 bits per heavy atom. The number of ether oxygens (including phenoxy) is 2. The maximum absolute atomic E-state index is 11.9. The van der Waals surface area contributed by atoms with Crippen molar-refractivity contribution in [1.82, 2.24) is 5.32 Å². The Hall–Kier alpha value is -2.40. The van der Waals surface area contributed by atoms with Crippen molar-refractivity contribution in [2.24, 2.45) is 0 Å². The SMILES string of the molecule is O=C(NCCc1ccc2c(c1)OCCCO2)Nc1cccc(Cl)c1. The highest BCUT2D eigenvalue weighted by molar-refractivity contribution is 6.30. The molecule has 1 aliphatic heterocycles. The number of urea groups is 1. The van der Waals surface area contributed by atoms with E-state index in [0.29, 0.717) is 36.9 Å². The summed E-state index contributed by atoms with van der Waals surface area (Å²) in [5.74, 6) is 1.55. The van der Waals surface area contributed by atoms with Crippen LogP contribution in [0, 0.1) is 0 Å². The van der Waals surface area contributed by atoms with E-state index >= 15 is 0 Å². The highest BCUT2D eigenvalue weighted by atomic mass is 35.5. The molecule has 1 heterocycles. The number of benzene rings is 2. The van der Waals surface area contributed by atoms with E-state index < -0.39 is 0 Å². The largest absolute Gasteiger partial charge is 0.490 e. The summed E-state index contributed by atoms with van der Waals surface area (Å²) in [5.41, 5.74) is 1.75. The number of hydrogen-bond donors (Lipinski definition) is 2. The summed E-state index contributed by atoms with van der Waals surface area (Å²) >= 11 is 5.89. The van der Waals surface area contributed by atoms with Gasteiger partial charge >= 0.3 is 6.03 Å². The molecule has 0 unspecified atom stereocenters. The summed E-state index contributed by atoms with van der Waals surface area (Å²) in [6.45, 7) is 1.86. The van der Waals surface area contributed by atoms with Crippen molar-refractivity contribution < 1.29 is 14.3 Å². The lowest BCUT2D eigenvalue weighted by molar-refractivity contribution is 0.252. The Morgan fingerprint density at radius 2 is 1.92 bits per heavy atom. The fourth-order valence-corrected chi connectivity index (χ4v) is 2.62. The Labute approximate surface area is 145 Å². The Morgan fingerprint density at radius 1 is 1.08 bits per heavy atom. The Balaban J connectivity index is 1.49. The third kappa shape index (κ3) is 4.55. The van der Waals surface area contributed by atoms with Gasteiger partial charge < -0.3 is 20.1 Å². The first-order valence-corrected chi connectivity index (χ1v) is 8.27. The average molecular weight is 347 g/mol. The summed E-state index contributed by atoms with van der Waals surface area (Å²) in [5, 5.41) is 6.16. The van der Waals surface area contributed by atoms with Crippen LogP contribution in [0.25, 0.3) is 0 Å². The second kappa shape index (κ2) is 7.93. The van der Waals surface area contributed by atoms with Crippen LogP contribution in [-0.2, 0) is 6.42 Å². The van der Waals surface area contributed by atoms with Gasteiger partial charge in [0.15, 0.2) is 11.5 Å². The topological polar surface area (TPSA) is 59.6 Å². The van der Waals surface area contributed by atoms with Gasteiger partial charge in [-0.1, -0.05) is 23.7 Å². The molecule has 0 saturated heterocycles. The third-order valence-corrected chi connectivity index (χ3v) is 3.83. The molecular weight excluding hydrogens is 328 g/mol. The number of nitrogens with one attached hydrogen (secondary N) is 2. The van der Waals surface area contributed by atoms with Crippen LogP contribution in [0.2, 0.25) is 5.02 Å². The van der Waals surface area contributed by atoms with Gasteiger partial charge in [-0.15, -0.1) is 0 Å². The molecule has 0 saturated carbocycles. The molecule has 0 spiro atoms. The van der Waals surface area contributed by atoms with Crippen molar-refractivity contribution in [2.75, 3.05) is 25.1 Å². The molecule has 0 aromatic heterocycles. The van der Waals surface area contributed by atoms with Crippen LogP contribution in [0.15, 0.2) is 42.5 Å². The van der Waals surface area contributed by atoms with Gasteiger partial charge in [-0.25, -0.2) is 4.79 Å². The smallest absolute Gasteiger partial charge is 0.319 e. The molecule has 0 bridgehead atoms. The van der Waals surface area contributed by atoms with E-state index in [1.165, 1.54) is 0 Å². The van der Waals surface area contributed by atoms with Gasteiger partial charge in [0.2, 0.25) is 0 Å². The van der Waals surface area contributed by atoms with Crippen LogP contribution < -0.4 is 20.1 Å². The number of hydrogen-bond acceptors (Lipinski definition) is 3. The van der Waals surface area contributed by atoms with E-state index in [9.17, 15) is 4.79 Å². The molecule has 0 aliphatic carbocycles. The molecule has 24 heavy (non-hydrogen) atoms. The van der Waals surface area contributed by atoms with Crippen LogP contribution in [0.4, 0.5) is 10.5 Å². The van der Waals surface area contributed by atoms with Crippen LogP contribution in [-0.4, -0.2) is 25.8 Å². The zero-order chi connectivity index (χ0) is 16.8. The first-order chi connectivity index (χ1) is 11.7. The van der Waals surface area contributed by atoms with Gasteiger partial charge in [0.25, 0.3) is 0 Å². The molecule has 5 nitrogen and oxygen atoms in total. The van der Waals surface area contributed by atoms with Crippen molar-refractivity contribution in [3.63, 3.8) is 0 Å². The second-order valence-electron chi connectivity index (χ2n) is 5.47. The molecule has 0 fully saturated rings. The second-order valence-corrected chi connectivity index (χ2v) is 5.91. The molecule has 6 heteroatoms. The Kier molecular flexibility index (Phi) is 5.43. The molecule has 0 atom stereocenters. The van der Waals surface area contributed by atoms with E-state index in [1.54, 1.807) is 24.3 Å². The summed E-state index contributed by atoms with van der Waals surface area (Å²) in [7, 11) is 0. The number of fused-ring (bicyclic) bond motifs is 1. The predicted molar refractivity (Wildman–Crippen MR) is 94.2 cm³/mol. The average Bonchev–Trinajstić information content (AvgIpc) is 2.79. The maximum atomic E-state index is 11.9. The zero-order valence-corrected chi connectivity index (χ0v) is 13.9.